The third-order valence-electron chi connectivity index (χ3n) is 2.11. The van der Waals surface area contributed by atoms with E-state index in [-0.39, 0.29) is 29.1 Å². The average Bonchev–Trinajstić information content (AvgIpc) is 2.60. The van der Waals surface area contributed by atoms with Crippen molar-refractivity contribution < 1.29 is 26.5 Å². The second-order valence-corrected chi connectivity index (χ2v) is 3.48. The molecular weight excluding hydrogens is 272 g/mol. The molecule has 0 N–H and O–H groups in total. The van der Waals surface area contributed by atoms with Crippen LogP contribution in [-0.2, 0) is 9.53 Å². The fraction of sp³-hybridized carbons (Fsp3) is 0.455. The molecule has 1 radical (unpaired) electrons. The summed E-state index contributed by atoms with van der Waals surface area (Å²) in [6.07, 6.45) is 3.91. The Bertz CT molecular complexity index is 337. The Kier molecular flexibility index (Phi) is 6.03. The second kappa shape index (κ2) is 6.48. The van der Waals surface area contributed by atoms with Crippen LogP contribution in [0, 0.1) is 0 Å². The molecule has 4 nitrogen and oxygen atoms in total. The van der Waals surface area contributed by atoms with Gasteiger partial charge in [0.2, 0.25) is 6.10 Å². The zero-order chi connectivity index (χ0) is 11.4. The standard InChI is InChI=1S/C11H16N2O2.BrH/c1-5-9(15-11(14)8(2)3)10-12-6-7-13(10)4;/h6-7,9H,2,5H2,1,3-4H3;1H/q+1;/p-1. The highest BCUT2D eigenvalue weighted by Gasteiger charge is 2.31. The Morgan fingerprint density at radius 2 is 2.31 bits per heavy atom. The van der Waals surface area contributed by atoms with Crippen molar-refractivity contribution >= 4 is 11.8 Å². The van der Waals surface area contributed by atoms with Crippen LogP contribution in [0.2, 0.25) is 0 Å². The molecule has 0 bridgehead atoms. The molecular formula is C11H16BrN2O2. The first-order chi connectivity index (χ1) is 7.06. The van der Waals surface area contributed by atoms with E-state index < -0.39 is 0 Å². The summed E-state index contributed by atoms with van der Waals surface area (Å²) in [4.78, 5) is 17.4. The lowest BCUT2D eigenvalue weighted by Gasteiger charge is -2.14. The number of hydrogen-bond donors (Lipinski definition) is 0. The maximum atomic E-state index is 11.4. The van der Waals surface area contributed by atoms with E-state index in [0.29, 0.717) is 12.0 Å². The van der Waals surface area contributed by atoms with Crippen LogP contribution in [0.25, 0.3) is 0 Å². The summed E-state index contributed by atoms with van der Waals surface area (Å²) in [5.41, 5.74) is 0.405. The number of halogens is 1. The Balaban J connectivity index is 0.00000225. The Morgan fingerprint density at radius 1 is 1.69 bits per heavy atom. The van der Waals surface area contributed by atoms with Crippen molar-refractivity contribution in [3.05, 3.63) is 24.6 Å². The molecule has 0 aliphatic carbocycles. The second-order valence-electron chi connectivity index (χ2n) is 3.48. The van der Waals surface area contributed by atoms with Crippen LogP contribution in [0.4, 0.5) is 0 Å². The van der Waals surface area contributed by atoms with Gasteiger partial charge in [0.25, 0.3) is 0 Å². The van der Waals surface area contributed by atoms with Gasteiger partial charge < -0.3 is 21.7 Å². The summed E-state index contributed by atoms with van der Waals surface area (Å²) < 4.78 is 5.26. The topological polar surface area (TPSA) is 43.6 Å². The number of hydrogen-bond acceptors (Lipinski definition) is 4. The van der Waals surface area contributed by atoms with Gasteiger partial charge in [-0.1, -0.05) is 13.5 Å². The Labute approximate surface area is 106 Å². The first kappa shape index (κ1) is 14.9. The minimum absolute atomic E-state index is 0. The van der Waals surface area contributed by atoms with Gasteiger partial charge in [0.1, 0.15) is 6.20 Å². The largest absolute Gasteiger partial charge is 1.00 e. The number of rotatable bonds is 4. The summed E-state index contributed by atoms with van der Waals surface area (Å²) in [5, 5.41) is 0. The number of esters is 1. The van der Waals surface area contributed by atoms with Crippen LogP contribution in [-0.4, -0.2) is 29.9 Å². The van der Waals surface area contributed by atoms with Gasteiger partial charge in [0, 0.05) is 5.57 Å². The van der Waals surface area contributed by atoms with Gasteiger partial charge in [-0.3, -0.25) is 0 Å². The smallest absolute Gasteiger partial charge is 0.339 e. The number of ether oxygens (including phenoxy) is 1. The zero-order valence-corrected chi connectivity index (χ0v) is 11.3. The van der Waals surface area contributed by atoms with Gasteiger partial charge in [-0.05, 0) is 18.3 Å². The van der Waals surface area contributed by atoms with Crippen molar-refractivity contribution in [2.75, 3.05) is 7.05 Å². The molecule has 0 saturated carbocycles. The summed E-state index contributed by atoms with van der Waals surface area (Å²) >= 11 is 0. The third kappa shape index (κ3) is 3.48. The van der Waals surface area contributed by atoms with Gasteiger partial charge >= 0.3 is 11.8 Å². The fourth-order valence-corrected chi connectivity index (χ4v) is 1.24. The average molecular weight is 288 g/mol. The molecule has 0 saturated heterocycles. The third-order valence-corrected chi connectivity index (χ3v) is 2.11. The van der Waals surface area contributed by atoms with Crippen molar-refractivity contribution in [3.63, 3.8) is 0 Å². The van der Waals surface area contributed by atoms with Crippen LogP contribution >= 0.6 is 0 Å². The number of carbonyl (C=O) groups is 1. The van der Waals surface area contributed by atoms with Crippen molar-refractivity contribution in [3.8, 4) is 0 Å². The number of amidine groups is 1. The Hall–Kier alpha value is -1.10. The van der Waals surface area contributed by atoms with Gasteiger partial charge in [0.05, 0.1) is 7.05 Å². The van der Waals surface area contributed by atoms with E-state index in [0.717, 1.165) is 5.84 Å². The van der Waals surface area contributed by atoms with Gasteiger partial charge in [-0.15, -0.1) is 0 Å². The minimum Gasteiger partial charge on any atom is -1.00 e. The van der Waals surface area contributed by atoms with Crippen molar-refractivity contribution in [1.82, 2.24) is 9.89 Å². The zero-order valence-electron chi connectivity index (χ0n) is 9.74. The fourth-order valence-electron chi connectivity index (χ4n) is 1.24. The summed E-state index contributed by atoms with van der Waals surface area (Å²) in [5.74, 6) is 0.386. The highest BCUT2D eigenvalue weighted by Crippen LogP contribution is 2.08. The Morgan fingerprint density at radius 3 is 2.69 bits per heavy atom. The lowest BCUT2D eigenvalue weighted by atomic mass is 10.2. The maximum Gasteiger partial charge on any atom is 0.339 e. The molecule has 0 amide bonds. The van der Waals surface area contributed by atoms with Crippen LogP contribution in [0.3, 0.4) is 0 Å². The summed E-state index contributed by atoms with van der Waals surface area (Å²) in [6, 6.07) is 0. The number of carbonyl (C=O) groups excluding carboxylic acids is 1. The van der Waals surface area contributed by atoms with Crippen molar-refractivity contribution in [1.29, 1.82) is 0 Å². The molecule has 0 aromatic rings. The van der Waals surface area contributed by atoms with E-state index in [1.807, 2.05) is 25.1 Å². The molecule has 1 heterocycles. The lowest BCUT2D eigenvalue weighted by Crippen LogP contribution is -3.00. The highest BCUT2D eigenvalue weighted by atomic mass is 79.9. The monoisotopic (exact) mass is 287 g/mol. The van der Waals surface area contributed by atoms with Gasteiger partial charge in [0.15, 0.2) is 6.20 Å². The molecule has 89 valence electrons. The quantitative estimate of drug-likeness (QED) is 0.446. The SMILES string of the molecule is C=C(C)C(=O)OC(CC)C1=[N+]C=CN1C.[Br-]. The molecule has 1 atom stereocenters. The summed E-state index contributed by atoms with van der Waals surface area (Å²) in [6.45, 7) is 7.13. The number of nitrogens with zero attached hydrogens (tertiary/aromatic N) is 2. The minimum atomic E-state index is -0.371. The highest BCUT2D eigenvalue weighted by molar-refractivity contribution is 5.93. The predicted molar refractivity (Wildman–Crippen MR) is 59.0 cm³/mol. The van der Waals surface area contributed by atoms with Gasteiger partial charge in [-0.25, -0.2) is 9.69 Å². The molecule has 1 aliphatic rings. The molecule has 1 unspecified atom stereocenters. The maximum absolute atomic E-state index is 11.4. The van der Waals surface area contributed by atoms with Crippen LogP contribution in [0.5, 0.6) is 0 Å². The number of aliphatic imine (C=N–C) groups is 1. The molecule has 1 aliphatic heterocycles. The molecule has 16 heavy (non-hydrogen) atoms. The number of likely N-dealkylation sites (N-methyl/N-ethyl adjacent to an activating group) is 1. The van der Waals surface area contributed by atoms with E-state index in [1.54, 1.807) is 13.1 Å². The van der Waals surface area contributed by atoms with Crippen molar-refractivity contribution in [2.45, 2.75) is 26.4 Å². The van der Waals surface area contributed by atoms with Crippen molar-refractivity contribution in [2.24, 2.45) is 0 Å². The molecule has 0 aromatic carbocycles. The molecule has 0 fully saturated rings. The predicted octanol–water partition coefficient (Wildman–Crippen LogP) is -1.96. The van der Waals surface area contributed by atoms with Crippen LogP contribution in [0.15, 0.2) is 24.6 Å². The first-order valence-corrected chi connectivity index (χ1v) is 4.90. The van der Waals surface area contributed by atoms with Crippen LogP contribution < -0.4 is 22.0 Å². The van der Waals surface area contributed by atoms with E-state index >= 15 is 0 Å². The van der Waals surface area contributed by atoms with E-state index in [9.17, 15) is 4.79 Å². The van der Waals surface area contributed by atoms with Crippen LogP contribution in [0.1, 0.15) is 20.3 Å². The van der Waals surface area contributed by atoms with Gasteiger partial charge in [-0.2, -0.15) is 0 Å². The lowest BCUT2D eigenvalue weighted by molar-refractivity contribution is -0.141. The summed E-state index contributed by atoms with van der Waals surface area (Å²) in [7, 11) is 1.87. The molecule has 0 spiro atoms. The molecule has 1 rings (SSSR count). The molecule has 5 heteroatoms. The molecule has 0 aromatic heterocycles. The first-order valence-electron chi connectivity index (χ1n) is 4.90. The van der Waals surface area contributed by atoms with E-state index in [1.165, 1.54) is 0 Å². The van der Waals surface area contributed by atoms with E-state index in [4.69, 9.17) is 4.74 Å². The normalized spacial score (nSPS) is 15.2. The van der Waals surface area contributed by atoms with E-state index in [2.05, 4.69) is 11.6 Å².